The van der Waals surface area contributed by atoms with Crippen LogP contribution in [0.3, 0.4) is 0 Å². The Morgan fingerprint density at radius 2 is 1.82 bits per heavy atom. The fourth-order valence-electron chi connectivity index (χ4n) is 3.07. The van der Waals surface area contributed by atoms with E-state index in [1.165, 1.54) is 32.1 Å². The third kappa shape index (κ3) is 4.68. The van der Waals surface area contributed by atoms with Crippen molar-refractivity contribution in [3.8, 4) is 6.01 Å². The summed E-state index contributed by atoms with van der Waals surface area (Å²) >= 11 is 0. The molecule has 5 heteroatoms. The Bertz CT molecular complexity index is 488. The number of aryl methyl sites for hydroxylation is 2. The molecule has 5 nitrogen and oxygen atoms in total. The highest BCUT2D eigenvalue weighted by molar-refractivity contribution is 5.91. The van der Waals surface area contributed by atoms with Gasteiger partial charge in [-0.05, 0) is 33.1 Å². The molecule has 0 unspecified atom stereocenters. The van der Waals surface area contributed by atoms with Crippen molar-refractivity contribution in [2.45, 2.75) is 65.7 Å². The van der Waals surface area contributed by atoms with Crippen LogP contribution < -0.4 is 10.1 Å². The maximum atomic E-state index is 12.2. The standard InChI is InChI=1S/C17H27N3O2/c1-4-22-17-18-12(2)16(13(3)19-17)20-15(21)11-10-14-8-6-5-7-9-14/h14H,4-11H2,1-3H3,(H,20,21). The minimum Gasteiger partial charge on any atom is -0.464 e. The molecule has 0 radical (unpaired) electrons. The lowest BCUT2D eigenvalue weighted by atomic mass is 9.86. The van der Waals surface area contributed by atoms with Gasteiger partial charge in [-0.25, -0.2) is 0 Å². The summed E-state index contributed by atoms with van der Waals surface area (Å²) in [6.45, 7) is 6.17. The molecular weight excluding hydrogens is 278 g/mol. The minimum atomic E-state index is 0.0598. The summed E-state index contributed by atoms with van der Waals surface area (Å²) in [5.41, 5.74) is 2.22. The maximum Gasteiger partial charge on any atom is 0.316 e. The Hall–Kier alpha value is -1.65. The first-order valence-electron chi connectivity index (χ1n) is 8.38. The molecule has 1 N–H and O–H groups in total. The Morgan fingerprint density at radius 3 is 2.41 bits per heavy atom. The van der Waals surface area contributed by atoms with E-state index in [1.54, 1.807) is 0 Å². The molecule has 1 aromatic rings. The second-order valence-corrected chi connectivity index (χ2v) is 6.08. The highest BCUT2D eigenvalue weighted by atomic mass is 16.5. The van der Waals surface area contributed by atoms with E-state index in [-0.39, 0.29) is 5.91 Å². The minimum absolute atomic E-state index is 0.0598. The van der Waals surface area contributed by atoms with E-state index in [4.69, 9.17) is 4.74 Å². The van der Waals surface area contributed by atoms with Crippen molar-refractivity contribution in [3.63, 3.8) is 0 Å². The third-order valence-electron chi connectivity index (χ3n) is 4.29. The van der Waals surface area contributed by atoms with Gasteiger partial charge in [0.1, 0.15) is 0 Å². The number of anilines is 1. The molecule has 1 amide bonds. The molecular formula is C17H27N3O2. The van der Waals surface area contributed by atoms with Crippen LogP contribution in [0.15, 0.2) is 0 Å². The van der Waals surface area contributed by atoms with Gasteiger partial charge in [0, 0.05) is 6.42 Å². The predicted molar refractivity (Wildman–Crippen MR) is 87.1 cm³/mol. The Balaban J connectivity index is 1.90. The van der Waals surface area contributed by atoms with Crippen molar-refractivity contribution in [2.24, 2.45) is 5.92 Å². The summed E-state index contributed by atoms with van der Waals surface area (Å²) in [4.78, 5) is 20.7. The molecule has 1 aromatic heterocycles. The van der Waals surface area contributed by atoms with E-state index in [1.807, 2.05) is 20.8 Å². The van der Waals surface area contributed by atoms with E-state index in [2.05, 4.69) is 15.3 Å². The van der Waals surface area contributed by atoms with Crippen molar-refractivity contribution >= 4 is 11.6 Å². The van der Waals surface area contributed by atoms with E-state index in [0.717, 1.165) is 29.4 Å². The molecule has 0 atom stereocenters. The lowest BCUT2D eigenvalue weighted by Crippen LogP contribution is -2.17. The number of rotatable bonds is 6. The summed E-state index contributed by atoms with van der Waals surface area (Å²) in [6, 6.07) is 0.373. The van der Waals surface area contributed by atoms with Gasteiger partial charge in [-0.3, -0.25) is 4.79 Å². The van der Waals surface area contributed by atoms with Gasteiger partial charge in [0.15, 0.2) is 0 Å². The molecule has 22 heavy (non-hydrogen) atoms. The highest BCUT2D eigenvalue weighted by Crippen LogP contribution is 2.27. The molecule has 1 aliphatic carbocycles. The van der Waals surface area contributed by atoms with Crippen LogP contribution in [0.5, 0.6) is 6.01 Å². The summed E-state index contributed by atoms with van der Waals surface area (Å²) in [5, 5.41) is 2.97. The van der Waals surface area contributed by atoms with Crippen LogP contribution >= 0.6 is 0 Å². The van der Waals surface area contributed by atoms with Crippen LogP contribution in [-0.2, 0) is 4.79 Å². The van der Waals surface area contributed by atoms with Crippen molar-refractivity contribution in [3.05, 3.63) is 11.4 Å². The summed E-state index contributed by atoms with van der Waals surface area (Å²) in [5.74, 6) is 0.780. The molecule has 1 fully saturated rings. The maximum absolute atomic E-state index is 12.2. The van der Waals surface area contributed by atoms with Crippen LogP contribution in [0, 0.1) is 19.8 Å². The third-order valence-corrected chi connectivity index (χ3v) is 4.29. The fourth-order valence-corrected chi connectivity index (χ4v) is 3.07. The normalized spacial score (nSPS) is 15.6. The molecule has 0 aliphatic heterocycles. The van der Waals surface area contributed by atoms with Crippen molar-refractivity contribution < 1.29 is 9.53 Å². The van der Waals surface area contributed by atoms with Gasteiger partial charge in [-0.15, -0.1) is 0 Å². The van der Waals surface area contributed by atoms with Gasteiger partial charge in [-0.2, -0.15) is 9.97 Å². The lowest BCUT2D eigenvalue weighted by molar-refractivity contribution is -0.116. The zero-order valence-electron chi connectivity index (χ0n) is 13.9. The first kappa shape index (κ1) is 16.7. The number of nitrogens with zero attached hydrogens (tertiary/aromatic N) is 2. The van der Waals surface area contributed by atoms with Gasteiger partial charge in [0.25, 0.3) is 0 Å². The van der Waals surface area contributed by atoms with E-state index >= 15 is 0 Å². The molecule has 122 valence electrons. The number of nitrogens with one attached hydrogen (secondary N) is 1. The van der Waals surface area contributed by atoms with Crippen molar-refractivity contribution in [2.75, 3.05) is 11.9 Å². The van der Waals surface area contributed by atoms with Gasteiger partial charge in [-0.1, -0.05) is 32.1 Å². The number of aromatic nitrogens is 2. The Morgan fingerprint density at radius 1 is 1.18 bits per heavy atom. The molecule has 0 saturated heterocycles. The second-order valence-electron chi connectivity index (χ2n) is 6.08. The summed E-state index contributed by atoms with van der Waals surface area (Å²) in [6.07, 6.45) is 8.10. The van der Waals surface area contributed by atoms with E-state index in [9.17, 15) is 4.79 Å². The first-order chi connectivity index (χ1) is 10.6. The summed E-state index contributed by atoms with van der Waals surface area (Å²) < 4.78 is 5.32. The predicted octanol–water partition coefficient (Wildman–Crippen LogP) is 3.79. The van der Waals surface area contributed by atoms with Crippen molar-refractivity contribution in [1.82, 2.24) is 9.97 Å². The van der Waals surface area contributed by atoms with Crippen LogP contribution in [0.1, 0.15) is 63.3 Å². The number of carbonyl (C=O) groups is 1. The van der Waals surface area contributed by atoms with Crippen molar-refractivity contribution in [1.29, 1.82) is 0 Å². The van der Waals surface area contributed by atoms with Crippen LogP contribution in [0.2, 0.25) is 0 Å². The monoisotopic (exact) mass is 305 g/mol. The number of hydrogen-bond donors (Lipinski definition) is 1. The topological polar surface area (TPSA) is 64.1 Å². The Kier molecular flexibility index (Phi) is 6.16. The quantitative estimate of drug-likeness (QED) is 0.868. The summed E-state index contributed by atoms with van der Waals surface area (Å²) in [7, 11) is 0. The van der Waals surface area contributed by atoms with E-state index < -0.39 is 0 Å². The number of ether oxygens (including phenoxy) is 1. The first-order valence-corrected chi connectivity index (χ1v) is 8.38. The lowest BCUT2D eigenvalue weighted by Gasteiger charge is -2.21. The van der Waals surface area contributed by atoms with E-state index in [0.29, 0.717) is 19.0 Å². The smallest absolute Gasteiger partial charge is 0.316 e. The molecule has 0 spiro atoms. The van der Waals surface area contributed by atoms with Gasteiger partial charge >= 0.3 is 6.01 Å². The van der Waals surface area contributed by atoms with Crippen LogP contribution in [-0.4, -0.2) is 22.5 Å². The second kappa shape index (κ2) is 8.11. The van der Waals surface area contributed by atoms with Crippen LogP contribution in [0.4, 0.5) is 5.69 Å². The number of carbonyl (C=O) groups excluding carboxylic acids is 1. The molecule has 0 bridgehead atoms. The molecule has 0 aromatic carbocycles. The average Bonchev–Trinajstić information content (AvgIpc) is 2.50. The Labute approximate surface area is 132 Å². The largest absolute Gasteiger partial charge is 0.464 e. The SMILES string of the molecule is CCOc1nc(C)c(NC(=O)CCC2CCCCC2)c(C)n1. The average molecular weight is 305 g/mol. The fraction of sp³-hybridized carbons (Fsp3) is 0.706. The molecule has 1 saturated carbocycles. The number of amides is 1. The molecule has 1 aliphatic rings. The highest BCUT2D eigenvalue weighted by Gasteiger charge is 2.16. The zero-order chi connectivity index (χ0) is 15.9. The molecule has 1 heterocycles. The zero-order valence-corrected chi connectivity index (χ0v) is 13.9. The van der Waals surface area contributed by atoms with Gasteiger partial charge < -0.3 is 10.1 Å². The number of hydrogen-bond acceptors (Lipinski definition) is 4. The van der Waals surface area contributed by atoms with Gasteiger partial charge in [0.05, 0.1) is 23.7 Å². The van der Waals surface area contributed by atoms with Gasteiger partial charge in [0.2, 0.25) is 5.91 Å². The van der Waals surface area contributed by atoms with Crippen LogP contribution in [0.25, 0.3) is 0 Å². The molecule has 2 rings (SSSR count).